The number of thioether (sulfide) groups is 1. The Morgan fingerprint density at radius 1 is 1.00 bits per heavy atom. The molecular formula is C22H15Cl3N6OS. The topological polar surface area (TPSA) is 85.1 Å². The first-order chi connectivity index (χ1) is 16.0. The van der Waals surface area contributed by atoms with E-state index in [-0.39, 0.29) is 11.7 Å². The van der Waals surface area contributed by atoms with E-state index in [2.05, 4.69) is 25.7 Å². The van der Waals surface area contributed by atoms with Gasteiger partial charge in [-0.25, -0.2) is 5.43 Å². The zero-order valence-electron chi connectivity index (χ0n) is 16.8. The number of amides is 1. The van der Waals surface area contributed by atoms with E-state index >= 15 is 0 Å². The average molecular weight is 518 g/mol. The molecule has 0 radical (unpaired) electrons. The van der Waals surface area contributed by atoms with Crippen molar-refractivity contribution in [1.82, 2.24) is 25.2 Å². The summed E-state index contributed by atoms with van der Waals surface area (Å²) in [6, 6.07) is 16.0. The van der Waals surface area contributed by atoms with Gasteiger partial charge in [0.05, 0.1) is 22.0 Å². The fraction of sp³-hybridized carbons (Fsp3) is 0.0455. The molecule has 1 amide bonds. The van der Waals surface area contributed by atoms with Crippen LogP contribution in [-0.4, -0.2) is 37.6 Å². The normalized spacial score (nSPS) is 11.1. The lowest BCUT2D eigenvalue weighted by molar-refractivity contribution is -0.118. The van der Waals surface area contributed by atoms with Gasteiger partial charge in [-0.05, 0) is 54.1 Å². The average Bonchev–Trinajstić information content (AvgIpc) is 3.25. The molecule has 2 aromatic heterocycles. The summed E-state index contributed by atoms with van der Waals surface area (Å²) in [6.07, 6.45) is 4.85. The molecule has 0 aliphatic carbocycles. The molecule has 11 heteroatoms. The zero-order valence-corrected chi connectivity index (χ0v) is 19.9. The molecule has 0 aliphatic heterocycles. The van der Waals surface area contributed by atoms with Crippen molar-refractivity contribution in [2.75, 3.05) is 5.75 Å². The quantitative estimate of drug-likeness (QED) is 0.198. The van der Waals surface area contributed by atoms with Crippen LogP contribution in [0.5, 0.6) is 0 Å². The first-order valence-corrected chi connectivity index (χ1v) is 11.6. The summed E-state index contributed by atoms with van der Waals surface area (Å²) in [7, 11) is 0. The van der Waals surface area contributed by atoms with Gasteiger partial charge in [-0.1, -0.05) is 52.6 Å². The Morgan fingerprint density at radius 3 is 2.48 bits per heavy atom. The highest BCUT2D eigenvalue weighted by molar-refractivity contribution is 7.99. The zero-order chi connectivity index (χ0) is 23.2. The van der Waals surface area contributed by atoms with Crippen LogP contribution < -0.4 is 5.43 Å². The van der Waals surface area contributed by atoms with E-state index in [1.165, 1.54) is 18.0 Å². The summed E-state index contributed by atoms with van der Waals surface area (Å²) < 4.78 is 1.86. The maximum absolute atomic E-state index is 12.3. The van der Waals surface area contributed by atoms with Crippen molar-refractivity contribution in [1.29, 1.82) is 0 Å². The van der Waals surface area contributed by atoms with Gasteiger partial charge in [0.25, 0.3) is 5.91 Å². The minimum atomic E-state index is -0.299. The highest BCUT2D eigenvalue weighted by Gasteiger charge is 2.17. The van der Waals surface area contributed by atoms with E-state index in [1.807, 2.05) is 28.8 Å². The molecule has 0 fully saturated rings. The summed E-state index contributed by atoms with van der Waals surface area (Å²) in [5.41, 5.74) is 4.86. The molecule has 4 aromatic rings. The molecule has 0 aliphatic rings. The number of halogens is 3. The van der Waals surface area contributed by atoms with Crippen molar-refractivity contribution in [3.05, 3.63) is 87.6 Å². The molecule has 0 saturated carbocycles. The Labute approximate surface area is 208 Å². The van der Waals surface area contributed by atoms with Gasteiger partial charge in [0.15, 0.2) is 11.0 Å². The number of nitrogens with one attached hydrogen (secondary N) is 1. The molecule has 1 N–H and O–H groups in total. The third-order valence-corrected chi connectivity index (χ3v) is 6.26. The Balaban J connectivity index is 1.49. The van der Waals surface area contributed by atoms with Crippen molar-refractivity contribution in [3.8, 4) is 17.1 Å². The van der Waals surface area contributed by atoms with E-state index in [9.17, 15) is 4.79 Å². The monoisotopic (exact) mass is 516 g/mol. The van der Waals surface area contributed by atoms with Gasteiger partial charge in [0.1, 0.15) is 0 Å². The second-order valence-electron chi connectivity index (χ2n) is 6.61. The molecule has 4 rings (SSSR count). The van der Waals surface area contributed by atoms with Crippen molar-refractivity contribution >= 4 is 58.7 Å². The van der Waals surface area contributed by atoms with Crippen LogP contribution in [-0.2, 0) is 4.79 Å². The van der Waals surface area contributed by atoms with E-state index < -0.39 is 0 Å². The predicted molar refractivity (Wildman–Crippen MR) is 133 cm³/mol. The van der Waals surface area contributed by atoms with Crippen LogP contribution in [0.2, 0.25) is 15.1 Å². The summed E-state index contributed by atoms with van der Waals surface area (Å²) in [4.78, 5) is 16.4. The lowest BCUT2D eigenvalue weighted by Crippen LogP contribution is -2.20. The number of carbonyl (C=O) groups excluding carboxylic acids is 1. The molecule has 0 saturated heterocycles. The minimum absolute atomic E-state index is 0.0841. The predicted octanol–water partition coefficient (Wildman–Crippen LogP) is 5.53. The number of benzene rings is 2. The summed E-state index contributed by atoms with van der Waals surface area (Å²) in [6.45, 7) is 0. The molecule has 166 valence electrons. The van der Waals surface area contributed by atoms with Crippen LogP contribution in [0.3, 0.4) is 0 Å². The van der Waals surface area contributed by atoms with Gasteiger partial charge in [-0.2, -0.15) is 5.10 Å². The third-order valence-electron chi connectivity index (χ3n) is 4.34. The van der Waals surface area contributed by atoms with Crippen LogP contribution in [0, 0.1) is 0 Å². The Bertz CT molecular complexity index is 1300. The second-order valence-corrected chi connectivity index (χ2v) is 8.80. The Kier molecular flexibility index (Phi) is 7.61. The van der Waals surface area contributed by atoms with Gasteiger partial charge in [0.2, 0.25) is 0 Å². The standard InChI is InChI=1S/C22H15Cl3N6OS/c23-16-2-4-17(5-3-16)31-21(15-7-9-26-10-8-15)29-30-22(31)33-13-20(32)28-27-12-14-1-6-18(24)19(25)11-14/h1-12H,13H2,(H,28,32)/b27-12-. The van der Waals surface area contributed by atoms with Crippen LogP contribution in [0.15, 0.2) is 77.2 Å². The number of hydrogen-bond donors (Lipinski definition) is 1. The fourth-order valence-corrected chi connectivity index (χ4v) is 3.98. The maximum Gasteiger partial charge on any atom is 0.250 e. The van der Waals surface area contributed by atoms with Crippen molar-refractivity contribution in [2.24, 2.45) is 5.10 Å². The smallest absolute Gasteiger partial charge is 0.250 e. The highest BCUT2D eigenvalue weighted by atomic mass is 35.5. The fourth-order valence-electron chi connectivity index (χ4n) is 2.81. The van der Waals surface area contributed by atoms with E-state index in [0.717, 1.165) is 11.3 Å². The van der Waals surface area contributed by atoms with Gasteiger partial charge in [-0.3, -0.25) is 14.3 Å². The van der Waals surface area contributed by atoms with Crippen LogP contribution >= 0.6 is 46.6 Å². The van der Waals surface area contributed by atoms with Crippen molar-refractivity contribution in [3.63, 3.8) is 0 Å². The first kappa shape index (κ1) is 23.3. The van der Waals surface area contributed by atoms with Crippen LogP contribution in [0.1, 0.15) is 5.56 Å². The molecule has 33 heavy (non-hydrogen) atoms. The van der Waals surface area contributed by atoms with E-state index in [4.69, 9.17) is 34.8 Å². The van der Waals surface area contributed by atoms with Crippen molar-refractivity contribution < 1.29 is 4.79 Å². The van der Waals surface area contributed by atoms with Gasteiger partial charge >= 0.3 is 0 Å². The first-order valence-electron chi connectivity index (χ1n) is 9.53. The molecule has 0 unspecified atom stereocenters. The second kappa shape index (κ2) is 10.8. The molecule has 0 bridgehead atoms. The van der Waals surface area contributed by atoms with E-state index in [1.54, 1.807) is 42.7 Å². The number of nitrogens with zero attached hydrogens (tertiary/aromatic N) is 5. The molecule has 2 heterocycles. The molecule has 0 spiro atoms. The molecule has 0 atom stereocenters. The SMILES string of the molecule is O=C(CSc1nnc(-c2ccncc2)n1-c1ccc(Cl)cc1)N/N=C\c1ccc(Cl)c(Cl)c1. The number of hydrazone groups is 1. The summed E-state index contributed by atoms with van der Waals surface area (Å²) in [5.74, 6) is 0.411. The number of aromatic nitrogens is 4. The van der Waals surface area contributed by atoms with Gasteiger partial charge in [-0.15, -0.1) is 10.2 Å². The van der Waals surface area contributed by atoms with E-state index in [0.29, 0.717) is 31.6 Å². The lowest BCUT2D eigenvalue weighted by Gasteiger charge is -2.10. The lowest BCUT2D eigenvalue weighted by atomic mass is 10.2. The third kappa shape index (κ3) is 5.91. The summed E-state index contributed by atoms with van der Waals surface area (Å²) >= 11 is 19.2. The number of pyridine rings is 1. The van der Waals surface area contributed by atoms with Gasteiger partial charge < -0.3 is 0 Å². The molecular weight excluding hydrogens is 503 g/mol. The number of hydrogen-bond acceptors (Lipinski definition) is 6. The van der Waals surface area contributed by atoms with Crippen LogP contribution in [0.25, 0.3) is 17.1 Å². The summed E-state index contributed by atoms with van der Waals surface area (Å²) in [5, 5.41) is 14.6. The number of rotatable bonds is 7. The van der Waals surface area contributed by atoms with Crippen molar-refractivity contribution in [2.45, 2.75) is 5.16 Å². The van der Waals surface area contributed by atoms with Crippen LogP contribution in [0.4, 0.5) is 0 Å². The van der Waals surface area contributed by atoms with Gasteiger partial charge in [0, 0.05) is 28.7 Å². The minimum Gasteiger partial charge on any atom is -0.272 e. The number of carbonyl (C=O) groups is 1. The largest absolute Gasteiger partial charge is 0.272 e. The highest BCUT2D eigenvalue weighted by Crippen LogP contribution is 2.28. The Hall–Kier alpha value is -2.91. The molecule has 7 nitrogen and oxygen atoms in total. The molecule has 2 aromatic carbocycles. The maximum atomic E-state index is 12.3. The Morgan fingerprint density at radius 2 is 1.76 bits per heavy atom.